The van der Waals surface area contributed by atoms with Crippen LogP contribution in [0.1, 0.15) is 33.9 Å². The molecule has 0 aliphatic carbocycles. The average molecular weight is 394 g/mol. The van der Waals surface area contributed by atoms with E-state index in [1.807, 2.05) is 37.3 Å². The molecule has 0 bridgehead atoms. The van der Waals surface area contributed by atoms with Crippen molar-refractivity contribution in [2.24, 2.45) is 0 Å². The Morgan fingerprint density at radius 1 is 1.18 bits per heavy atom. The SMILES string of the molecule is Cc1cccc(-c2ccc(C(=O)NC3CCSc4c(F)cccc43)c(=O)[nH]2)c1. The summed E-state index contributed by atoms with van der Waals surface area (Å²) in [5.74, 6) is -0.0207. The molecule has 142 valence electrons. The van der Waals surface area contributed by atoms with Crippen molar-refractivity contribution in [3.63, 3.8) is 0 Å². The number of halogens is 1. The van der Waals surface area contributed by atoms with Crippen molar-refractivity contribution in [3.8, 4) is 11.3 Å². The predicted molar refractivity (Wildman–Crippen MR) is 109 cm³/mol. The zero-order valence-corrected chi connectivity index (χ0v) is 16.1. The smallest absolute Gasteiger partial charge is 0.261 e. The van der Waals surface area contributed by atoms with Gasteiger partial charge in [-0.05, 0) is 48.7 Å². The number of benzene rings is 2. The second-order valence-corrected chi connectivity index (χ2v) is 7.91. The molecular weight excluding hydrogens is 375 g/mol. The summed E-state index contributed by atoms with van der Waals surface area (Å²) in [6.45, 7) is 1.98. The third-order valence-corrected chi connectivity index (χ3v) is 5.97. The number of aromatic nitrogens is 1. The zero-order valence-electron chi connectivity index (χ0n) is 15.3. The van der Waals surface area contributed by atoms with Crippen molar-refractivity contribution in [2.45, 2.75) is 24.3 Å². The molecule has 1 aliphatic heterocycles. The molecule has 28 heavy (non-hydrogen) atoms. The molecule has 2 aromatic carbocycles. The second-order valence-electron chi connectivity index (χ2n) is 6.81. The van der Waals surface area contributed by atoms with Crippen molar-refractivity contribution in [2.75, 3.05) is 5.75 Å². The lowest BCUT2D eigenvalue weighted by Gasteiger charge is -2.26. The number of H-pyrrole nitrogens is 1. The van der Waals surface area contributed by atoms with Crippen LogP contribution in [-0.2, 0) is 0 Å². The Kier molecular flexibility index (Phi) is 5.05. The fourth-order valence-electron chi connectivity index (χ4n) is 3.41. The summed E-state index contributed by atoms with van der Waals surface area (Å²) in [5.41, 5.74) is 3.00. The van der Waals surface area contributed by atoms with Gasteiger partial charge in [0.2, 0.25) is 0 Å². The monoisotopic (exact) mass is 394 g/mol. The molecule has 0 saturated heterocycles. The van der Waals surface area contributed by atoms with Gasteiger partial charge in [0, 0.05) is 16.3 Å². The van der Waals surface area contributed by atoms with Crippen LogP contribution < -0.4 is 10.9 Å². The summed E-state index contributed by atoms with van der Waals surface area (Å²) in [4.78, 5) is 28.6. The Labute approximate surface area is 166 Å². The number of hydrogen-bond acceptors (Lipinski definition) is 3. The van der Waals surface area contributed by atoms with Crippen LogP contribution in [0.4, 0.5) is 4.39 Å². The van der Waals surface area contributed by atoms with Crippen LogP contribution in [0, 0.1) is 12.7 Å². The number of carbonyl (C=O) groups excluding carboxylic acids is 1. The maximum atomic E-state index is 14.0. The lowest BCUT2D eigenvalue weighted by atomic mass is 10.0. The van der Waals surface area contributed by atoms with Gasteiger partial charge in [0.25, 0.3) is 11.5 Å². The van der Waals surface area contributed by atoms with Crippen molar-refractivity contribution in [1.82, 2.24) is 10.3 Å². The molecule has 1 atom stereocenters. The Bertz CT molecular complexity index is 1110. The van der Waals surface area contributed by atoms with Crippen molar-refractivity contribution in [3.05, 3.63) is 87.5 Å². The van der Waals surface area contributed by atoms with Crippen LogP contribution in [-0.4, -0.2) is 16.6 Å². The van der Waals surface area contributed by atoms with E-state index in [0.29, 0.717) is 22.8 Å². The third-order valence-electron chi connectivity index (χ3n) is 4.81. The van der Waals surface area contributed by atoms with Gasteiger partial charge < -0.3 is 10.3 Å². The number of thioether (sulfide) groups is 1. The van der Waals surface area contributed by atoms with E-state index >= 15 is 0 Å². The van der Waals surface area contributed by atoms with E-state index in [-0.39, 0.29) is 17.4 Å². The number of nitrogens with one attached hydrogen (secondary N) is 2. The van der Waals surface area contributed by atoms with Crippen LogP contribution in [0.15, 0.2) is 64.3 Å². The number of amides is 1. The Morgan fingerprint density at radius 2 is 2.00 bits per heavy atom. The third kappa shape index (κ3) is 3.60. The summed E-state index contributed by atoms with van der Waals surface area (Å²) < 4.78 is 14.0. The topological polar surface area (TPSA) is 62.0 Å². The molecule has 0 spiro atoms. The molecule has 3 aromatic rings. The summed E-state index contributed by atoms with van der Waals surface area (Å²) in [5, 5.41) is 2.89. The first-order valence-corrected chi connectivity index (χ1v) is 10.0. The number of aromatic amines is 1. The lowest BCUT2D eigenvalue weighted by molar-refractivity contribution is 0.0933. The van der Waals surface area contributed by atoms with E-state index in [2.05, 4.69) is 10.3 Å². The Hall–Kier alpha value is -2.86. The van der Waals surface area contributed by atoms with E-state index in [4.69, 9.17) is 0 Å². The van der Waals surface area contributed by atoms with E-state index in [1.165, 1.54) is 23.9 Å². The zero-order chi connectivity index (χ0) is 19.7. The van der Waals surface area contributed by atoms with Gasteiger partial charge in [-0.25, -0.2) is 4.39 Å². The molecule has 6 heteroatoms. The molecule has 2 heterocycles. The molecule has 4 rings (SSSR count). The number of rotatable bonds is 3. The van der Waals surface area contributed by atoms with Crippen LogP contribution in [0.5, 0.6) is 0 Å². The van der Waals surface area contributed by atoms with Crippen LogP contribution >= 0.6 is 11.8 Å². The van der Waals surface area contributed by atoms with Gasteiger partial charge in [-0.15, -0.1) is 11.8 Å². The quantitative estimate of drug-likeness (QED) is 0.690. The molecule has 0 saturated carbocycles. The van der Waals surface area contributed by atoms with Gasteiger partial charge in [-0.3, -0.25) is 9.59 Å². The average Bonchev–Trinajstić information content (AvgIpc) is 2.68. The minimum atomic E-state index is -0.454. The lowest BCUT2D eigenvalue weighted by Crippen LogP contribution is -2.34. The highest BCUT2D eigenvalue weighted by Crippen LogP contribution is 2.37. The number of fused-ring (bicyclic) bond motifs is 1. The highest BCUT2D eigenvalue weighted by molar-refractivity contribution is 7.99. The van der Waals surface area contributed by atoms with Gasteiger partial charge >= 0.3 is 0 Å². The van der Waals surface area contributed by atoms with Gasteiger partial charge in [-0.1, -0.05) is 35.9 Å². The van der Waals surface area contributed by atoms with Crippen LogP contribution in [0.25, 0.3) is 11.3 Å². The highest BCUT2D eigenvalue weighted by Gasteiger charge is 2.25. The summed E-state index contributed by atoms with van der Waals surface area (Å²) in [7, 11) is 0. The van der Waals surface area contributed by atoms with Crippen molar-refractivity contribution >= 4 is 17.7 Å². The minimum absolute atomic E-state index is 0.0487. The van der Waals surface area contributed by atoms with E-state index in [9.17, 15) is 14.0 Å². The summed E-state index contributed by atoms with van der Waals surface area (Å²) >= 11 is 1.45. The molecule has 1 unspecified atom stereocenters. The first kappa shape index (κ1) is 18.5. The summed E-state index contributed by atoms with van der Waals surface area (Å²) in [6, 6.07) is 15.6. The first-order valence-electron chi connectivity index (χ1n) is 9.05. The first-order chi connectivity index (χ1) is 13.5. The highest BCUT2D eigenvalue weighted by atomic mass is 32.2. The fourth-order valence-corrected chi connectivity index (χ4v) is 4.55. The molecule has 1 aliphatic rings. The van der Waals surface area contributed by atoms with Gasteiger partial charge in [0.15, 0.2) is 0 Å². The molecule has 0 fully saturated rings. The minimum Gasteiger partial charge on any atom is -0.345 e. The molecule has 0 radical (unpaired) electrons. The maximum Gasteiger partial charge on any atom is 0.261 e. The normalized spacial score (nSPS) is 15.7. The largest absolute Gasteiger partial charge is 0.345 e. The van der Waals surface area contributed by atoms with Gasteiger partial charge in [-0.2, -0.15) is 0 Å². The van der Waals surface area contributed by atoms with Gasteiger partial charge in [0.1, 0.15) is 11.4 Å². The standard InChI is InChI=1S/C22H19FN2O2S/c1-13-4-2-5-14(12-13)18-9-8-16(21(26)24-18)22(27)25-19-10-11-28-20-15(19)6-3-7-17(20)23/h2-9,12,19H,10-11H2,1H3,(H,24,26)(H,25,27). The van der Waals surface area contributed by atoms with Gasteiger partial charge in [0.05, 0.1) is 6.04 Å². The number of hydrogen-bond donors (Lipinski definition) is 2. The molecule has 1 aromatic heterocycles. The Balaban J connectivity index is 1.58. The predicted octanol–water partition coefficient (Wildman–Crippen LogP) is 4.46. The Morgan fingerprint density at radius 3 is 2.79 bits per heavy atom. The molecule has 1 amide bonds. The van der Waals surface area contributed by atoms with Crippen molar-refractivity contribution < 1.29 is 9.18 Å². The maximum absolute atomic E-state index is 14.0. The number of aryl methyl sites for hydroxylation is 1. The summed E-state index contributed by atoms with van der Waals surface area (Å²) in [6.07, 6.45) is 0.687. The fraction of sp³-hybridized carbons (Fsp3) is 0.182. The van der Waals surface area contributed by atoms with Crippen LogP contribution in [0.3, 0.4) is 0 Å². The van der Waals surface area contributed by atoms with E-state index in [1.54, 1.807) is 12.1 Å². The molecule has 2 N–H and O–H groups in total. The van der Waals surface area contributed by atoms with E-state index < -0.39 is 11.5 Å². The van der Waals surface area contributed by atoms with E-state index in [0.717, 1.165) is 16.7 Å². The molecular formula is C22H19FN2O2S. The molecule has 4 nitrogen and oxygen atoms in total. The van der Waals surface area contributed by atoms with Crippen LogP contribution in [0.2, 0.25) is 0 Å². The second kappa shape index (κ2) is 7.64. The van der Waals surface area contributed by atoms with Crippen molar-refractivity contribution in [1.29, 1.82) is 0 Å². The number of pyridine rings is 1. The number of carbonyl (C=O) groups is 1.